The van der Waals surface area contributed by atoms with Crippen LogP contribution in [0, 0.1) is 5.92 Å². The molecule has 0 radical (unpaired) electrons. The van der Waals surface area contributed by atoms with Crippen LogP contribution in [0.15, 0.2) is 48.5 Å². The van der Waals surface area contributed by atoms with Crippen LogP contribution in [-0.2, 0) is 23.9 Å². The van der Waals surface area contributed by atoms with Crippen LogP contribution in [0.2, 0.25) is 5.02 Å². The summed E-state index contributed by atoms with van der Waals surface area (Å²) in [6.07, 6.45) is 0.631. The van der Waals surface area contributed by atoms with Gasteiger partial charge in [-0.05, 0) is 42.8 Å². The lowest BCUT2D eigenvalue weighted by Crippen LogP contribution is -2.44. The van der Waals surface area contributed by atoms with Crippen LogP contribution in [0.1, 0.15) is 40.5 Å². The van der Waals surface area contributed by atoms with Gasteiger partial charge in [0, 0.05) is 18.7 Å². The maximum absolute atomic E-state index is 12.4. The molecule has 2 aromatic carbocycles. The summed E-state index contributed by atoms with van der Waals surface area (Å²) in [6, 6.07) is 12.6. The largest absolute Gasteiger partial charge is 0.462 e. The van der Waals surface area contributed by atoms with Crippen molar-refractivity contribution in [2.24, 2.45) is 5.92 Å². The Bertz CT molecular complexity index is 1120. The molecule has 0 unspecified atom stereocenters. The summed E-state index contributed by atoms with van der Waals surface area (Å²) in [6.45, 7) is 1.65. The molecule has 1 aliphatic rings. The first-order valence-electron chi connectivity index (χ1n) is 10.9. The van der Waals surface area contributed by atoms with E-state index in [4.69, 9.17) is 21.1 Å². The first kappa shape index (κ1) is 25.7. The van der Waals surface area contributed by atoms with Crippen molar-refractivity contribution in [1.82, 2.24) is 10.9 Å². The van der Waals surface area contributed by atoms with E-state index in [9.17, 15) is 24.0 Å². The molecule has 184 valence electrons. The van der Waals surface area contributed by atoms with Crippen LogP contribution >= 0.6 is 11.6 Å². The van der Waals surface area contributed by atoms with Crippen molar-refractivity contribution in [3.05, 3.63) is 64.7 Å². The molecule has 3 rings (SSSR count). The highest BCUT2D eigenvalue weighted by molar-refractivity contribution is 6.33. The number of anilines is 1. The Hall–Kier alpha value is -3.92. The summed E-state index contributed by atoms with van der Waals surface area (Å²) >= 11 is 5.92. The SMILES string of the molecule is CCCOC(=O)c1ccc(N2C[C@H](C(=O)OCC(=O)NNC(=O)c3ccccc3Cl)CC2=O)cc1. The zero-order chi connectivity index (χ0) is 25.4. The maximum Gasteiger partial charge on any atom is 0.338 e. The molecule has 1 saturated heterocycles. The first-order valence-corrected chi connectivity index (χ1v) is 11.3. The quantitative estimate of drug-likeness (QED) is 0.419. The summed E-state index contributed by atoms with van der Waals surface area (Å²) < 4.78 is 10.1. The van der Waals surface area contributed by atoms with E-state index in [2.05, 4.69) is 10.9 Å². The van der Waals surface area contributed by atoms with Crippen LogP contribution in [-0.4, -0.2) is 49.4 Å². The van der Waals surface area contributed by atoms with Crippen LogP contribution in [0.4, 0.5) is 5.69 Å². The second kappa shape index (κ2) is 12.0. The van der Waals surface area contributed by atoms with Crippen LogP contribution in [0.3, 0.4) is 0 Å². The summed E-state index contributed by atoms with van der Waals surface area (Å²) in [5, 5.41) is 0.215. The fourth-order valence-electron chi connectivity index (χ4n) is 3.30. The van der Waals surface area contributed by atoms with Gasteiger partial charge in [0.15, 0.2) is 6.61 Å². The number of carbonyl (C=O) groups excluding carboxylic acids is 5. The zero-order valence-corrected chi connectivity index (χ0v) is 19.7. The fourth-order valence-corrected chi connectivity index (χ4v) is 3.52. The molecule has 2 aromatic rings. The summed E-state index contributed by atoms with van der Waals surface area (Å²) in [5.74, 6) is -3.60. The van der Waals surface area contributed by atoms with Crippen molar-refractivity contribution in [3.63, 3.8) is 0 Å². The van der Waals surface area contributed by atoms with Gasteiger partial charge in [0.2, 0.25) is 5.91 Å². The molecule has 2 N–H and O–H groups in total. The van der Waals surface area contributed by atoms with Gasteiger partial charge in [0.1, 0.15) is 0 Å². The Morgan fingerprint density at radius 3 is 2.43 bits per heavy atom. The third-order valence-corrected chi connectivity index (χ3v) is 5.42. The first-order chi connectivity index (χ1) is 16.8. The Morgan fingerprint density at radius 1 is 1.03 bits per heavy atom. The third kappa shape index (κ3) is 6.80. The number of hydrogen-bond acceptors (Lipinski definition) is 7. The normalized spacial score (nSPS) is 14.9. The van der Waals surface area contributed by atoms with Gasteiger partial charge >= 0.3 is 11.9 Å². The highest BCUT2D eigenvalue weighted by atomic mass is 35.5. The highest BCUT2D eigenvalue weighted by Crippen LogP contribution is 2.26. The second-order valence-electron chi connectivity index (χ2n) is 7.68. The minimum Gasteiger partial charge on any atom is -0.462 e. The molecule has 0 saturated carbocycles. The minimum absolute atomic E-state index is 0.0716. The van der Waals surface area contributed by atoms with E-state index in [0.717, 1.165) is 0 Å². The standard InChI is InChI=1S/C24H24ClN3O7/c1-2-11-34-23(32)15-7-9-17(10-8-15)28-13-16(12-21(28)30)24(33)35-14-20(29)26-27-22(31)18-5-3-4-6-19(18)25/h3-10,16H,2,11-14H2,1H3,(H,26,29)(H,27,31)/t16-/m1/s1. The van der Waals surface area contributed by atoms with E-state index in [1.807, 2.05) is 6.92 Å². The van der Waals surface area contributed by atoms with Crippen LogP contribution in [0.5, 0.6) is 0 Å². The van der Waals surface area contributed by atoms with Crippen molar-refractivity contribution in [2.45, 2.75) is 19.8 Å². The van der Waals surface area contributed by atoms with Gasteiger partial charge in [0.25, 0.3) is 11.8 Å². The number of halogens is 1. The molecule has 11 heteroatoms. The smallest absolute Gasteiger partial charge is 0.338 e. The number of esters is 2. The molecular weight excluding hydrogens is 478 g/mol. The lowest BCUT2D eigenvalue weighted by Gasteiger charge is -2.17. The van der Waals surface area contributed by atoms with E-state index < -0.39 is 36.3 Å². The predicted molar refractivity (Wildman–Crippen MR) is 125 cm³/mol. The molecule has 1 fully saturated rings. The Kier molecular flexibility index (Phi) is 8.80. The predicted octanol–water partition coefficient (Wildman–Crippen LogP) is 2.26. The number of rotatable bonds is 8. The number of carbonyl (C=O) groups is 5. The molecule has 0 spiro atoms. The number of ether oxygens (including phenoxy) is 2. The average Bonchev–Trinajstić information content (AvgIpc) is 3.26. The summed E-state index contributed by atoms with van der Waals surface area (Å²) in [5.41, 5.74) is 5.37. The monoisotopic (exact) mass is 501 g/mol. The van der Waals surface area contributed by atoms with E-state index in [1.54, 1.807) is 36.4 Å². The number of hydrazine groups is 1. The van der Waals surface area contributed by atoms with Crippen LogP contribution < -0.4 is 15.8 Å². The second-order valence-corrected chi connectivity index (χ2v) is 8.09. The van der Waals surface area contributed by atoms with Gasteiger partial charge in [-0.1, -0.05) is 30.7 Å². The van der Waals surface area contributed by atoms with Gasteiger partial charge in [-0.2, -0.15) is 0 Å². The van der Waals surface area contributed by atoms with Gasteiger partial charge in [-0.15, -0.1) is 0 Å². The van der Waals surface area contributed by atoms with Crippen LogP contribution in [0.25, 0.3) is 0 Å². The number of hydrogen-bond donors (Lipinski definition) is 2. The van der Waals surface area contributed by atoms with E-state index in [-0.39, 0.29) is 29.5 Å². The molecule has 1 atom stereocenters. The molecule has 0 bridgehead atoms. The molecule has 0 aromatic heterocycles. The number of benzene rings is 2. The van der Waals surface area contributed by atoms with Gasteiger partial charge < -0.3 is 14.4 Å². The van der Waals surface area contributed by atoms with Gasteiger partial charge in [-0.25, -0.2) is 4.79 Å². The van der Waals surface area contributed by atoms with Gasteiger partial charge in [-0.3, -0.25) is 30.0 Å². The zero-order valence-electron chi connectivity index (χ0n) is 18.9. The van der Waals surface area contributed by atoms with Crippen molar-refractivity contribution in [1.29, 1.82) is 0 Å². The van der Waals surface area contributed by atoms with E-state index in [1.165, 1.54) is 17.0 Å². The maximum atomic E-state index is 12.4. The molecule has 1 heterocycles. The molecular formula is C24H24ClN3O7. The van der Waals surface area contributed by atoms with E-state index >= 15 is 0 Å². The lowest BCUT2D eigenvalue weighted by atomic mass is 10.1. The van der Waals surface area contributed by atoms with E-state index in [0.29, 0.717) is 24.3 Å². The molecule has 3 amide bonds. The Labute approximate surface area is 206 Å². The average molecular weight is 502 g/mol. The molecule has 0 aliphatic carbocycles. The number of amides is 3. The summed E-state index contributed by atoms with van der Waals surface area (Å²) in [7, 11) is 0. The van der Waals surface area contributed by atoms with Gasteiger partial charge in [0.05, 0.1) is 28.7 Å². The molecule has 35 heavy (non-hydrogen) atoms. The number of nitrogens with one attached hydrogen (secondary N) is 2. The number of nitrogens with zero attached hydrogens (tertiary/aromatic N) is 1. The Morgan fingerprint density at radius 2 is 1.74 bits per heavy atom. The van der Waals surface area contributed by atoms with Crippen molar-refractivity contribution >= 4 is 46.9 Å². The van der Waals surface area contributed by atoms with Crippen molar-refractivity contribution in [2.75, 3.05) is 24.7 Å². The van der Waals surface area contributed by atoms with Crippen molar-refractivity contribution in [3.8, 4) is 0 Å². The Balaban J connectivity index is 1.46. The summed E-state index contributed by atoms with van der Waals surface area (Å²) in [4.78, 5) is 62.1. The fraction of sp³-hybridized carbons (Fsp3) is 0.292. The lowest BCUT2D eigenvalue weighted by molar-refractivity contribution is -0.152. The topological polar surface area (TPSA) is 131 Å². The molecule has 10 nitrogen and oxygen atoms in total. The third-order valence-electron chi connectivity index (χ3n) is 5.09. The van der Waals surface area contributed by atoms with Crippen molar-refractivity contribution < 1.29 is 33.4 Å². The molecule has 1 aliphatic heterocycles. The highest BCUT2D eigenvalue weighted by Gasteiger charge is 2.36. The minimum atomic E-state index is -0.762.